The lowest BCUT2D eigenvalue weighted by molar-refractivity contribution is 0.573. The Hall–Kier alpha value is -2.41. The van der Waals surface area contributed by atoms with Crippen molar-refractivity contribution in [3.8, 4) is 11.8 Å². The number of benzene rings is 1. The minimum Gasteiger partial charge on any atom is -0.239 e. The molecule has 1 aromatic carbocycles. The van der Waals surface area contributed by atoms with Crippen molar-refractivity contribution in [1.29, 1.82) is 0 Å². The summed E-state index contributed by atoms with van der Waals surface area (Å²) in [6, 6.07) is 8.03. The molecule has 3 nitrogen and oxygen atoms in total. The molecule has 0 radical (unpaired) electrons. The third kappa shape index (κ3) is 3.82. The number of nitrogens with zero attached hydrogens (tertiary/aromatic N) is 3. The van der Waals surface area contributed by atoms with E-state index in [9.17, 15) is 4.39 Å². The van der Waals surface area contributed by atoms with Gasteiger partial charge in [-0.1, -0.05) is 18.1 Å². The fraction of sp³-hybridized carbons (Fsp3) is 0.235. The predicted molar refractivity (Wildman–Crippen MR) is 85.5 cm³/mol. The summed E-state index contributed by atoms with van der Waals surface area (Å²) in [5.41, 5.74) is 2.13. The zero-order chi connectivity index (χ0) is 15.4. The Labute approximate surface area is 133 Å². The average molecular weight is 309 g/mol. The first-order chi connectivity index (χ1) is 10.7. The van der Waals surface area contributed by atoms with Crippen molar-refractivity contribution in [1.82, 2.24) is 9.97 Å². The molecule has 1 heterocycles. The molecule has 0 unspecified atom stereocenters. The van der Waals surface area contributed by atoms with E-state index in [2.05, 4.69) is 56.3 Å². The van der Waals surface area contributed by atoms with E-state index in [1.54, 1.807) is 0 Å². The molecular weight excluding hydrogens is 297 g/mol. The van der Waals surface area contributed by atoms with Gasteiger partial charge in [0.25, 0.3) is 0 Å². The van der Waals surface area contributed by atoms with Gasteiger partial charge in [-0.2, -0.15) is 14.4 Å². The molecule has 1 aliphatic rings. The Balaban J connectivity index is 1.75. The Morgan fingerprint density at radius 2 is 2.00 bits per heavy atom. The van der Waals surface area contributed by atoms with Crippen molar-refractivity contribution in [2.75, 3.05) is 0 Å². The van der Waals surface area contributed by atoms with Crippen LogP contribution in [0.1, 0.15) is 29.7 Å². The summed E-state index contributed by atoms with van der Waals surface area (Å²) >= 11 is 4.43. The molecule has 22 heavy (non-hydrogen) atoms. The molecule has 0 atom stereocenters. The summed E-state index contributed by atoms with van der Waals surface area (Å²) in [5, 5.41) is 2.11. The molecule has 108 valence electrons. The van der Waals surface area contributed by atoms with Crippen molar-refractivity contribution in [2.24, 2.45) is 10.9 Å². The first-order valence-corrected chi connectivity index (χ1v) is 7.37. The highest BCUT2D eigenvalue weighted by Gasteiger charge is 2.21. The van der Waals surface area contributed by atoms with E-state index < -0.39 is 5.95 Å². The summed E-state index contributed by atoms with van der Waals surface area (Å²) in [7, 11) is 0. The van der Waals surface area contributed by atoms with Gasteiger partial charge in [-0.25, -0.2) is 4.98 Å². The van der Waals surface area contributed by atoms with Crippen LogP contribution in [0.15, 0.2) is 35.5 Å². The first-order valence-electron chi connectivity index (χ1n) is 6.96. The highest BCUT2D eigenvalue weighted by Crippen LogP contribution is 2.32. The average Bonchev–Trinajstić information content (AvgIpc) is 3.32. The van der Waals surface area contributed by atoms with Gasteiger partial charge in [0, 0.05) is 5.56 Å². The number of hydrogen-bond acceptors (Lipinski definition) is 4. The summed E-state index contributed by atoms with van der Waals surface area (Å²) < 4.78 is 13.7. The van der Waals surface area contributed by atoms with Crippen LogP contribution in [-0.2, 0) is 6.42 Å². The standard InChI is InChI=1S/C17H12FN3S/c18-17-15(19-10-16(21-17)20-11-22)8-7-12-1-3-13(4-2-12)9-14-5-6-14/h1-4,10,14H,5-6,9H2. The van der Waals surface area contributed by atoms with Crippen molar-refractivity contribution in [2.45, 2.75) is 19.3 Å². The van der Waals surface area contributed by atoms with Crippen molar-refractivity contribution in [3.05, 3.63) is 53.2 Å². The molecule has 1 aliphatic carbocycles. The fourth-order valence-electron chi connectivity index (χ4n) is 2.05. The minimum absolute atomic E-state index is 0.00891. The maximum Gasteiger partial charge on any atom is 0.249 e. The molecule has 2 aromatic rings. The summed E-state index contributed by atoms with van der Waals surface area (Å²) in [6.07, 6.45) is 5.12. The second-order valence-electron chi connectivity index (χ2n) is 5.17. The Morgan fingerprint density at radius 1 is 1.23 bits per heavy atom. The highest BCUT2D eigenvalue weighted by molar-refractivity contribution is 7.78. The molecule has 0 aliphatic heterocycles. The van der Waals surface area contributed by atoms with E-state index in [0.29, 0.717) is 0 Å². The van der Waals surface area contributed by atoms with Gasteiger partial charge < -0.3 is 0 Å². The van der Waals surface area contributed by atoms with Gasteiger partial charge in [0.1, 0.15) is 0 Å². The summed E-state index contributed by atoms with van der Waals surface area (Å²) in [6.45, 7) is 0. The van der Waals surface area contributed by atoms with Crippen LogP contribution in [-0.4, -0.2) is 15.1 Å². The molecule has 5 heteroatoms. The number of halogens is 1. The smallest absolute Gasteiger partial charge is 0.239 e. The summed E-state index contributed by atoms with van der Waals surface area (Å²) in [4.78, 5) is 11.1. The number of hydrogen-bond donors (Lipinski definition) is 0. The second-order valence-corrected chi connectivity index (χ2v) is 5.35. The molecule has 0 amide bonds. The van der Waals surface area contributed by atoms with Gasteiger partial charge in [0.05, 0.1) is 11.4 Å². The van der Waals surface area contributed by atoms with Crippen LogP contribution in [0, 0.1) is 23.7 Å². The van der Waals surface area contributed by atoms with E-state index in [1.807, 2.05) is 12.1 Å². The Kier molecular flexibility index (Phi) is 4.34. The zero-order valence-electron chi connectivity index (χ0n) is 11.7. The van der Waals surface area contributed by atoms with Gasteiger partial charge in [0.15, 0.2) is 11.5 Å². The largest absolute Gasteiger partial charge is 0.249 e. The number of isothiocyanates is 1. The fourth-order valence-corrected chi connectivity index (χ4v) is 2.15. The quantitative estimate of drug-likeness (QED) is 0.493. The van der Waals surface area contributed by atoms with Crippen LogP contribution < -0.4 is 0 Å². The van der Waals surface area contributed by atoms with E-state index in [-0.39, 0.29) is 11.5 Å². The predicted octanol–water partition coefficient (Wildman–Crippen LogP) is 3.70. The van der Waals surface area contributed by atoms with Crippen LogP contribution in [0.2, 0.25) is 0 Å². The monoisotopic (exact) mass is 309 g/mol. The SMILES string of the molecule is Fc1nc(N=C=S)cnc1C#Cc1ccc(CC2CC2)cc1. The van der Waals surface area contributed by atoms with Gasteiger partial charge in [-0.15, -0.1) is 0 Å². The molecule has 0 N–H and O–H groups in total. The van der Waals surface area contributed by atoms with E-state index >= 15 is 0 Å². The Morgan fingerprint density at radius 3 is 2.64 bits per heavy atom. The second kappa shape index (κ2) is 6.57. The lowest BCUT2D eigenvalue weighted by Gasteiger charge is -1.98. The van der Waals surface area contributed by atoms with Crippen LogP contribution in [0.25, 0.3) is 0 Å². The molecule has 1 saturated carbocycles. The molecule has 0 bridgehead atoms. The zero-order valence-corrected chi connectivity index (χ0v) is 12.5. The minimum atomic E-state index is -0.760. The number of rotatable bonds is 3. The van der Waals surface area contributed by atoms with Gasteiger partial charge in [0.2, 0.25) is 5.95 Å². The molecule has 1 aromatic heterocycles. The third-order valence-electron chi connectivity index (χ3n) is 3.38. The number of aliphatic imine (C=N–C) groups is 1. The number of aromatic nitrogens is 2. The van der Waals surface area contributed by atoms with Crippen LogP contribution in [0.4, 0.5) is 10.2 Å². The van der Waals surface area contributed by atoms with E-state index in [0.717, 1.165) is 17.9 Å². The maximum atomic E-state index is 13.7. The van der Waals surface area contributed by atoms with Crippen LogP contribution in [0.5, 0.6) is 0 Å². The summed E-state index contributed by atoms with van der Waals surface area (Å²) in [5.74, 6) is 5.76. The number of thiocarbonyl (C=S) groups is 1. The lowest BCUT2D eigenvalue weighted by Crippen LogP contribution is -1.93. The Bertz CT molecular complexity index is 795. The van der Waals surface area contributed by atoms with Gasteiger partial charge in [-0.3, -0.25) is 0 Å². The highest BCUT2D eigenvalue weighted by atomic mass is 32.1. The lowest BCUT2D eigenvalue weighted by atomic mass is 10.1. The van der Waals surface area contributed by atoms with Crippen molar-refractivity contribution >= 4 is 23.2 Å². The molecular formula is C17H12FN3S. The van der Waals surface area contributed by atoms with E-state index in [1.165, 1.54) is 24.6 Å². The van der Waals surface area contributed by atoms with Gasteiger partial charge >= 0.3 is 0 Å². The molecule has 1 fully saturated rings. The normalized spacial score (nSPS) is 13.0. The van der Waals surface area contributed by atoms with Crippen molar-refractivity contribution in [3.63, 3.8) is 0 Å². The molecule has 3 rings (SSSR count). The topological polar surface area (TPSA) is 38.1 Å². The maximum absolute atomic E-state index is 13.7. The van der Waals surface area contributed by atoms with Crippen LogP contribution >= 0.6 is 12.2 Å². The molecule has 0 saturated heterocycles. The van der Waals surface area contributed by atoms with E-state index in [4.69, 9.17) is 0 Å². The van der Waals surface area contributed by atoms with Crippen molar-refractivity contribution < 1.29 is 4.39 Å². The van der Waals surface area contributed by atoms with Gasteiger partial charge in [-0.05, 0) is 61.0 Å². The first kappa shape index (κ1) is 14.5. The molecule has 0 spiro atoms. The van der Waals surface area contributed by atoms with Crippen LogP contribution in [0.3, 0.4) is 0 Å². The third-order valence-corrected chi connectivity index (χ3v) is 3.47.